The fourth-order valence-corrected chi connectivity index (χ4v) is 3.13. The molecule has 0 aromatic heterocycles. The number of ether oxygens (including phenoxy) is 3. The molecule has 1 unspecified atom stereocenters. The first-order valence-corrected chi connectivity index (χ1v) is 10.5. The van der Waals surface area contributed by atoms with Gasteiger partial charge in [0, 0.05) is 13.1 Å². The topological polar surface area (TPSA) is 102 Å². The van der Waals surface area contributed by atoms with Gasteiger partial charge >= 0.3 is 18.0 Å². The molecule has 0 bridgehead atoms. The van der Waals surface area contributed by atoms with Crippen LogP contribution in [0.1, 0.15) is 75.2 Å². The highest BCUT2D eigenvalue weighted by Gasteiger charge is 2.44. The summed E-state index contributed by atoms with van der Waals surface area (Å²) < 4.78 is 16.1. The van der Waals surface area contributed by atoms with Crippen molar-refractivity contribution >= 4 is 18.0 Å². The Bertz CT molecular complexity index is 589. The number of amides is 1. The number of rotatable bonds is 4. The lowest BCUT2D eigenvalue weighted by molar-refractivity contribution is -0.182. The van der Waals surface area contributed by atoms with E-state index in [0.717, 1.165) is 0 Å². The third kappa shape index (κ3) is 8.90. The summed E-state index contributed by atoms with van der Waals surface area (Å²) in [6.07, 6.45) is -0.813. The van der Waals surface area contributed by atoms with Crippen molar-refractivity contribution in [2.75, 3.05) is 13.1 Å². The van der Waals surface area contributed by atoms with Gasteiger partial charge in [-0.1, -0.05) is 0 Å². The molecule has 0 aromatic rings. The van der Waals surface area contributed by atoms with Crippen LogP contribution in [0.3, 0.4) is 0 Å². The molecule has 1 aliphatic heterocycles. The summed E-state index contributed by atoms with van der Waals surface area (Å²) in [5.41, 5.74) is -2.21. The second-order valence-corrected chi connectivity index (χ2v) is 10.8. The third-order valence-corrected chi connectivity index (χ3v) is 4.34. The van der Waals surface area contributed by atoms with Gasteiger partial charge in [0.25, 0.3) is 0 Å². The smallest absolute Gasteiger partial charge is 0.410 e. The molecule has 1 fully saturated rings. The molecule has 0 saturated carbocycles. The van der Waals surface area contributed by atoms with E-state index in [2.05, 4.69) is 0 Å². The Labute approximate surface area is 180 Å². The molecule has 1 aliphatic rings. The summed E-state index contributed by atoms with van der Waals surface area (Å²) in [5, 5.41) is 10.9. The molecule has 0 spiro atoms. The Hall–Kier alpha value is -1.83. The maximum absolute atomic E-state index is 12.7. The van der Waals surface area contributed by atoms with Crippen LogP contribution in [0.5, 0.6) is 0 Å². The van der Waals surface area contributed by atoms with E-state index >= 15 is 0 Å². The minimum absolute atomic E-state index is 0.353. The standard InChI is InChI=1S/C22H39NO7/c1-20(2,3)28-17(25)15(18(26)29-21(4,5)6)16(24)14-10-12-23(13-11-14)19(27)30-22(7,8)9/h14-16,24H,10-13H2,1-9H3. The van der Waals surface area contributed by atoms with Gasteiger partial charge in [0.15, 0.2) is 5.92 Å². The molecular formula is C22H39NO7. The Morgan fingerprint density at radius 3 is 1.47 bits per heavy atom. The Morgan fingerprint density at radius 1 is 0.767 bits per heavy atom. The number of carbonyl (C=O) groups is 3. The molecule has 0 aliphatic carbocycles. The Kier molecular flexibility index (Phi) is 8.33. The van der Waals surface area contributed by atoms with Crippen molar-refractivity contribution in [3.63, 3.8) is 0 Å². The molecule has 1 heterocycles. The minimum Gasteiger partial charge on any atom is -0.459 e. The summed E-state index contributed by atoms with van der Waals surface area (Å²) >= 11 is 0. The fourth-order valence-electron chi connectivity index (χ4n) is 3.13. The van der Waals surface area contributed by atoms with Gasteiger partial charge in [0.1, 0.15) is 16.8 Å². The highest BCUT2D eigenvalue weighted by atomic mass is 16.6. The number of hydrogen-bond acceptors (Lipinski definition) is 7. The van der Waals surface area contributed by atoms with E-state index in [0.29, 0.717) is 25.9 Å². The highest BCUT2D eigenvalue weighted by molar-refractivity contribution is 5.96. The molecule has 1 amide bonds. The van der Waals surface area contributed by atoms with E-state index in [-0.39, 0.29) is 5.92 Å². The van der Waals surface area contributed by atoms with Crippen molar-refractivity contribution in [2.24, 2.45) is 11.8 Å². The predicted molar refractivity (Wildman–Crippen MR) is 112 cm³/mol. The summed E-state index contributed by atoms with van der Waals surface area (Å²) in [6, 6.07) is 0. The second kappa shape index (κ2) is 9.54. The fraction of sp³-hybridized carbons (Fsp3) is 0.864. The van der Waals surface area contributed by atoms with Gasteiger partial charge in [-0.25, -0.2) is 4.79 Å². The van der Waals surface area contributed by atoms with Crippen LogP contribution in [-0.2, 0) is 23.8 Å². The first-order chi connectivity index (χ1) is 13.4. The van der Waals surface area contributed by atoms with Crippen molar-refractivity contribution in [1.29, 1.82) is 0 Å². The number of aliphatic hydroxyl groups is 1. The molecule has 8 heteroatoms. The summed E-state index contributed by atoms with van der Waals surface area (Å²) in [7, 11) is 0. The van der Waals surface area contributed by atoms with Gasteiger partial charge in [-0.2, -0.15) is 0 Å². The van der Waals surface area contributed by atoms with E-state index in [1.54, 1.807) is 67.2 Å². The maximum Gasteiger partial charge on any atom is 0.410 e. The number of aliphatic hydroxyl groups excluding tert-OH is 1. The van der Waals surface area contributed by atoms with Crippen LogP contribution in [0.15, 0.2) is 0 Å². The summed E-state index contributed by atoms with van der Waals surface area (Å²) in [4.78, 5) is 39.3. The number of hydrogen-bond donors (Lipinski definition) is 1. The zero-order valence-electron chi connectivity index (χ0n) is 19.9. The van der Waals surface area contributed by atoms with Crippen LogP contribution in [0.2, 0.25) is 0 Å². The van der Waals surface area contributed by atoms with E-state index in [1.165, 1.54) is 0 Å². The van der Waals surface area contributed by atoms with E-state index in [9.17, 15) is 19.5 Å². The van der Waals surface area contributed by atoms with Crippen LogP contribution in [0.25, 0.3) is 0 Å². The van der Waals surface area contributed by atoms with Crippen molar-refractivity contribution in [1.82, 2.24) is 4.90 Å². The monoisotopic (exact) mass is 429 g/mol. The molecule has 8 nitrogen and oxygen atoms in total. The summed E-state index contributed by atoms with van der Waals surface area (Å²) in [5.74, 6) is -3.41. The maximum atomic E-state index is 12.7. The molecule has 1 rings (SSSR count). The van der Waals surface area contributed by atoms with Gasteiger partial charge in [-0.05, 0) is 81.1 Å². The zero-order valence-corrected chi connectivity index (χ0v) is 19.9. The lowest BCUT2D eigenvalue weighted by atomic mass is 9.84. The average Bonchev–Trinajstić information content (AvgIpc) is 2.49. The molecule has 0 radical (unpaired) electrons. The third-order valence-electron chi connectivity index (χ3n) is 4.34. The van der Waals surface area contributed by atoms with Crippen LogP contribution in [0, 0.1) is 11.8 Å². The van der Waals surface area contributed by atoms with Crippen molar-refractivity contribution in [3.05, 3.63) is 0 Å². The number of piperidine rings is 1. The van der Waals surface area contributed by atoms with Crippen LogP contribution in [-0.4, -0.2) is 64.0 Å². The molecule has 1 atom stereocenters. The SMILES string of the molecule is CC(C)(C)OC(=O)C(C(=O)OC(C)(C)C)C(O)C1CCN(C(=O)OC(C)(C)C)CC1. The predicted octanol–water partition coefficient (Wildman–Crippen LogP) is 3.29. The van der Waals surface area contributed by atoms with Crippen LogP contribution < -0.4 is 0 Å². The summed E-state index contributed by atoms with van der Waals surface area (Å²) in [6.45, 7) is 16.3. The van der Waals surface area contributed by atoms with Gasteiger partial charge in [-0.15, -0.1) is 0 Å². The van der Waals surface area contributed by atoms with Gasteiger partial charge in [0.05, 0.1) is 6.10 Å². The van der Waals surface area contributed by atoms with E-state index < -0.39 is 46.9 Å². The van der Waals surface area contributed by atoms with Crippen molar-refractivity contribution in [3.8, 4) is 0 Å². The minimum atomic E-state index is -1.44. The first kappa shape index (κ1) is 26.2. The van der Waals surface area contributed by atoms with Crippen LogP contribution in [0.4, 0.5) is 4.79 Å². The molecule has 1 N–H and O–H groups in total. The van der Waals surface area contributed by atoms with Crippen molar-refractivity contribution in [2.45, 2.75) is 98.1 Å². The van der Waals surface area contributed by atoms with Gasteiger partial charge < -0.3 is 24.2 Å². The number of nitrogens with zero attached hydrogens (tertiary/aromatic N) is 1. The number of esters is 2. The number of likely N-dealkylation sites (tertiary alicyclic amines) is 1. The van der Waals surface area contributed by atoms with Gasteiger partial charge in [0.2, 0.25) is 0 Å². The molecule has 30 heavy (non-hydrogen) atoms. The molecular weight excluding hydrogens is 390 g/mol. The quantitative estimate of drug-likeness (QED) is 0.415. The van der Waals surface area contributed by atoms with Crippen LogP contribution >= 0.6 is 0 Å². The average molecular weight is 430 g/mol. The zero-order chi connectivity index (χ0) is 23.5. The first-order valence-electron chi connectivity index (χ1n) is 10.5. The van der Waals surface area contributed by atoms with Crippen molar-refractivity contribution < 1.29 is 33.7 Å². The van der Waals surface area contributed by atoms with E-state index in [4.69, 9.17) is 14.2 Å². The highest BCUT2D eigenvalue weighted by Crippen LogP contribution is 2.29. The Balaban J connectivity index is 2.89. The molecule has 174 valence electrons. The second-order valence-electron chi connectivity index (χ2n) is 10.8. The lowest BCUT2D eigenvalue weighted by Gasteiger charge is -2.37. The van der Waals surface area contributed by atoms with Gasteiger partial charge in [-0.3, -0.25) is 9.59 Å². The van der Waals surface area contributed by atoms with E-state index in [1.807, 2.05) is 0 Å². The number of carbonyl (C=O) groups excluding carboxylic acids is 3. The largest absolute Gasteiger partial charge is 0.459 e. The lowest BCUT2D eigenvalue weighted by Crippen LogP contribution is -2.49. The normalized spacial score (nSPS) is 17.5. The Morgan fingerprint density at radius 2 is 1.13 bits per heavy atom. The molecule has 1 saturated heterocycles. The molecule has 0 aromatic carbocycles.